The zero-order chi connectivity index (χ0) is 21.8. The van der Waals surface area contributed by atoms with E-state index >= 15 is 0 Å². The minimum Gasteiger partial charge on any atom is -0.496 e. The first-order valence-corrected chi connectivity index (χ1v) is 12.5. The topological polar surface area (TPSA) is 52.6 Å². The van der Waals surface area contributed by atoms with Crippen molar-refractivity contribution in [1.82, 2.24) is 0 Å². The Labute approximate surface area is 180 Å². The largest absolute Gasteiger partial charge is 0.496 e. The van der Waals surface area contributed by atoms with E-state index in [0.29, 0.717) is 23.5 Å². The van der Waals surface area contributed by atoms with Crippen LogP contribution in [0.25, 0.3) is 0 Å². The normalized spacial score (nSPS) is 19.6. The molecule has 0 aliphatic heterocycles. The van der Waals surface area contributed by atoms with Gasteiger partial charge in [-0.15, -0.1) is 0 Å². The van der Waals surface area contributed by atoms with E-state index in [9.17, 15) is 8.42 Å². The highest BCUT2D eigenvalue weighted by atomic mass is 35.7. The Morgan fingerprint density at radius 2 is 1.97 bits per heavy atom. The molecule has 1 aliphatic carbocycles. The molecule has 0 bridgehead atoms. The molecule has 0 N–H and O–H groups in total. The van der Waals surface area contributed by atoms with E-state index in [4.69, 9.17) is 20.2 Å². The summed E-state index contributed by atoms with van der Waals surface area (Å²) in [6.07, 6.45) is 7.66. The molecule has 0 heterocycles. The van der Waals surface area contributed by atoms with Gasteiger partial charge in [0.25, 0.3) is 9.05 Å². The number of rotatable bonds is 9. The van der Waals surface area contributed by atoms with Crippen molar-refractivity contribution in [3.05, 3.63) is 41.0 Å². The lowest BCUT2D eigenvalue weighted by atomic mass is 9.73. The number of allylic oxidation sites excluding steroid dienone is 3. The second-order valence-corrected chi connectivity index (χ2v) is 10.4. The highest BCUT2D eigenvalue weighted by Gasteiger charge is 2.35. The highest BCUT2D eigenvalue weighted by Crippen LogP contribution is 2.50. The third kappa shape index (κ3) is 5.37. The van der Waals surface area contributed by atoms with Crippen molar-refractivity contribution in [3.8, 4) is 11.5 Å². The van der Waals surface area contributed by atoms with Gasteiger partial charge in [-0.1, -0.05) is 43.6 Å². The molecule has 1 aromatic carbocycles. The quantitative estimate of drug-likeness (QED) is 0.254. The molecular formula is C23H33ClO4S. The van der Waals surface area contributed by atoms with Gasteiger partial charge in [0, 0.05) is 22.2 Å². The lowest BCUT2D eigenvalue weighted by molar-refractivity contribution is 0.360. The average Bonchev–Trinajstić information content (AvgIpc) is 2.65. The Kier molecular flexibility index (Phi) is 8.24. The van der Waals surface area contributed by atoms with Gasteiger partial charge in [-0.2, -0.15) is 0 Å². The van der Waals surface area contributed by atoms with Crippen LogP contribution in [0.4, 0.5) is 0 Å². The Bertz CT molecular complexity index is 887. The number of unbranched alkanes of at least 4 members (excludes halogenated alkanes) is 2. The van der Waals surface area contributed by atoms with E-state index < -0.39 is 9.05 Å². The van der Waals surface area contributed by atoms with Crippen molar-refractivity contribution in [3.63, 3.8) is 0 Å². The number of methoxy groups -OCH3 is 2. The fourth-order valence-corrected chi connectivity index (χ4v) is 5.69. The van der Waals surface area contributed by atoms with Gasteiger partial charge in [-0.25, -0.2) is 8.42 Å². The minimum atomic E-state index is -4.00. The zero-order valence-electron chi connectivity index (χ0n) is 18.2. The van der Waals surface area contributed by atoms with Gasteiger partial charge in [-0.05, 0) is 57.1 Å². The summed E-state index contributed by atoms with van der Waals surface area (Å²) in [5, 5.41) is 0. The fraction of sp³-hybridized carbons (Fsp3) is 0.565. The molecule has 0 radical (unpaired) electrons. The molecule has 6 heteroatoms. The summed E-state index contributed by atoms with van der Waals surface area (Å²) in [5.74, 6) is 1.04. The minimum absolute atomic E-state index is 0.0747. The van der Waals surface area contributed by atoms with Gasteiger partial charge in [0.1, 0.15) is 16.4 Å². The third-order valence-electron chi connectivity index (χ3n) is 5.74. The van der Waals surface area contributed by atoms with Crippen LogP contribution in [0.1, 0.15) is 69.9 Å². The molecule has 0 saturated carbocycles. The Morgan fingerprint density at radius 1 is 1.28 bits per heavy atom. The van der Waals surface area contributed by atoms with Gasteiger partial charge in [0.15, 0.2) is 0 Å². The van der Waals surface area contributed by atoms with Gasteiger partial charge < -0.3 is 9.47 Å². The van der Waals surface area contributed by atoms with Crippen LogP contribution in [0.5, 0.6) is 11.5 Å². The van der Waals surface area contributed by atoms with Crippen molar-refractivity contribution >= 4 is 19.7 Å². The maximum Gasteiger partial charge on any atom is 0.265 e. The van der Waals surface area contributed by atoms with E-state index in [1.165, 1.54) is 12.7 Å². The molecule has 1 aliphatic rings. The first kappa shape index (κ1) is 23.8. The lowest BCUT2D eigenvalue weighted by Gasteiger charge is -2.33. The molecule has 162 valence electrons. The number of benzene rings is 1. The Hall–Kier alpha value is -1.46. The van der Waals surface area contributed by atoms with E-state index in [1.807, 2.05) is 13.0 Å². The monoisotopic (exact) mass is 440 g/mol. The van der Waals surface area contributed by atoms with Crippen molar-refractivity contribution in [1.29, 1.82) is 0 Å². The molecular weight excluding hydrogens is 408 g/mol. The van der Waals surface area contributed by atoms with Gasteiger partial charge in [0.2, 0.25) is 0 Å². The van der Waals surface area contributed by atoms with E-state index in [2.05, 4.69) is 26.5 Å². The number of ether oxygens (including phenoxy) is 2. The fourth-order valence-electron chi connectivity index (χ4n) is 4.29. The predicted molar refractivity (Wildman–Crippen MR) is 120 cm³/mol. The molecule has 0 aromatic heterocycles. The number of hydrogen-bond acceptors (Lipinski definition) is 4. The zero-order valence-corrected chi connectivity index (χ0v) is 19.8. The summed E-state index contributed by atoms with van der Waals surface area (Å²) >= 11 is 0. The lowest BCUT2D eigenvalue weighted by Crippen LogP contribution is -2.19. The van der Waals surface area contributed by atoms with Crippen LogP contribution in [0.15, 0.2) is 34.8 Å². The van der Waals surface area contributed by atoms with Gasteiger partial charge in [0.05, 0.1) is 14.2 Å². The van der Waals surface area contributed by atoms with Crippen molar-refractivity contribution in [2.45, 2.75) is 70.1 Å². The third-order valence-corrected chi connectivity index (χ3v) is 7.14. The van der Waals surface area contributed by atoms with Crippen LogP contribution >= 0.6 is 10.7 Å². The Morgan fingerprint density at radius 3 is 2.48 bits per heavy atom. The molecule has 2 atom stereocenters. The summed E-state index contributed by atoms with van der Waals surface area (Å²) in [6.45, 7) is 10.4. The standard InChI is InChI=1S/C23H33ClO4S/c1-7-8-9-10-17-14-20(27-5)21(22(28-6)23(17)29(24,25)26)19-13-16(4)11-12-18(19)15(2)3/h13-14,18-19H,2,7-12H2,1,3-6H3. The maximum atomic E-state index is 12.6. The summed E-state index contributed by atoms with van der Waals surface area (Å²) in [6, 6.07) is 1.83. The van der Waals surface area contributed by atoms with Gasteiger partial charge in [-0.3, -0.25) is 0 Å². The number of halogens is 1. The molecule has 4 nitrogen and oxygen atoms in total. The van der Waals surface area contributed by atoms with Crippen molar-refractivity contribution < 1.29 is 17.9 Å². The molecule has 29 heavy (non-hydrogen) atoms. The second-order valence-electron chi connectivity index (χ2n) is 7.94. The van der Waals surface area contributed by atoms with Crippen molar-refractivity contribution in [2.75, 3.05) is 14.2 Å². The van der Waals surface area contributed by atoms with Crippen LogP contribution in [0, 0.1) is 5.92 Å². The molecule has 0 amide bonds. The first-order valence-electron chi connectivity index (χ1n) is 10.2. The average molecular weight is 441 g/mol. The predicted octanol–water partition coefficient (Wildman–Crippen LogP) is 6.38. The van der Waals surface area contributed by atoms with Crippen molar-refractivity contribution in [2.24, 2.45) is 5.92 Å². The summed E-state index contributed by atoms with van der Waals surface area (Å²) in [4.78, 5) is 0.0747. The van der Waals surface area contributed by atoms with Crippen LogP contribution in [0.3, 0.4) is 0 Å². The van der Waals surface area contributed by atoms with Crippen LogP contribution in [-0.2, 0) is 15.5 Å². The SMILES string of the molecule is C=C(C)C1CCC(C)=CC1c1c(OC)cc(CCCCC)c(S(=O)(=O)Cl)c1OC. The summed E-state index contributed by atoms with van der Waals surface area (Å²) in [5.41, 5.74) is 3.71. The maximum absolute atomic E-state index is 12.6. The number of aryl methyl sites for hydroxylation is 1. The van der Waals surface area contributed by atoms with E-state index in [-0.39, 0.29) is 16.7 Å². The molecule has 0 fully saturated rings. The van der Waals surface area contributed by atoms with Gasteiger partial charge >= 0.3 is 0 Å². The number of hydrogen-bond donors (Lipinski definition) is 0. The molecule has 2 rings (SSSR count). The second kappa shape index (κ2) is 10.0. The highest BCUT2D eigenvalue weighted by molar-refractivity contribution is 8.13. The Balaban J connectivity index is 2.80. The molecule has 0 spiro atoms. The summed E-state index contributed by atoms with van der Waals surface area (Å²) in [7, 11) is 5.01. The smallest absolute Gasteiger partial charge is 0.265 e. The first-order chi connectivity index (χ1) is 13.6. The van der Waals surface area contributed by atoms with E-state index in [1.54, 1.807) is 7.11 Å². The molecule has 1 aromatic rings. The van der Waals surface area contributed by atoms with Crippen LogP contribution in [-0.4, -0.2) is 22.6 Å². The van der Waals surface area contributed by atoms with Crippen LogP contribution < -0.4 is 9.47 Å². The van der Waals surface area contributed by atoms with E-state index in [0.717, 1.165) is 43.2 Å². The summed E-state index contributed by atoms with van der Waals surface area (Å²) < 4.78 is 36.6. The molecule has 0 saturated heterocycles. The molecule has 2 unspecified atom stereocenters. The van der Waals surface area contributed by atoms with Crippen LogP contribution in [0.2, 0.25) is 0 Å².